The van der Waals surface area contributed by atoms with Gasteiger partial charge in [-0.25, -0.2) is 12.8 Å². The summed E-state index contributed by atoms with van der Waals surface area (Å²) < 4.78 is 40.6. The molecule has 21 heavy (non-hydrogen) atoms. The zero-order valence-electron chi connectivity index (χ0n) is 12.6. The second-order valence-corrected chi connectivity index (χ2v) is 6.79. The van der Waals surface area contributed by atoms with E-state index >= 15 is 0 Å². The molecule has 120 valence electrons. The van der Waals surface area contributed by atoms with Crippen molar-refractivity contribution in [2.75, 3.05) is 18.9 Å². The fraction of sp³-hybridized carbons (Fsp3) is 0.571. The topological polar surface area (TPSA) is 83.6 Å². The number of anilines is 1. The van der Waals surface area contributed by atoms with E-state index in [0.717, 1.165) is 6.07 Å². The van der Waals surface area contributed by atoms with Crippen LogP contribution in [0, 0.1) is 12.7 Å². The predicted molar refractivity (Wildman–Crippen MR) is 80.9 cm³/mol. The summed E-state index contributed by atoms with van der Waals surface area (Å²) >= 11 is 0. The molecule has 0 spiro atoms. The standard InChI is InChI=1S/C14H23FN2O3S/c1-4-12(5-2)17(6-7-18)21(19,20)14-9-11(16)8-13(15)10(14)3/h8-9,12,18H,4-7,16H2,1-3H3. The van der Waals surface area contributed by atoms with Gasteiger partial charge in [0.2, 0.25) is 10.0 Å². The normalized spacial score (nSPS) is 12.3. The number of nitrogens with two attached hydrogens (primary N) is 1. The van der Waals surface area contributed by atoms with Crippen molar-refractivity contribution in [3.05, 3.63) is 23.5 Å². The first-order valence-corrected chi connectivity index (χ1v) is 8.41. The van der Waals surface area contributed by atoms with Crippen LogP contribution in [0.1, 0.15) is 32.3 Å². The van der Waals surface area contributed by atoms with Crippen molar-refractivity contribution in [1.82, 2.24) is 4.31 Å². The Morgan fingerprint density at radius 3 is 2.38 bits per heavy atom. The molecule has 0 bridgehead atoms. The molecule has 0 saturated carbocycles. The second-order valence-electron chi connectivity index (χ2n) is 4.94. The Hall–Kier alpha value is -1.18. The van der Waals surface area contributed by atoms with Gasteiger partial charge >= 0.3 is 0 Å². The van der Waals surface area contributed by atoms with Crippen LogP contribution in [0.25, 0.3) is 0 Å². The minimum Gasteiger partial charge on any atom is -0.399 e. The predicted octanol–water partition coefficient (Wildman–Crippen LogP) is 1.89. The van der Waals surface area contributed by atoms with Gasteiger partial charge in [0.1, 0.15) is 5.82 Å². The molecular weight excluding hydrogens is 295 g/mol. The molecule has 0 fully saturated rings. The molecule has 0 aliphatic carbocycles. The smallest absolute Gasteiger partial charge is 0.243 e. The summed E-state index contributed by atoms with van der Waals surface area (Å²) in [6, 6.07) is 2.12. The number of sulfonamides is 1. The van der Waals surface area contributed by atoms with Crippen molar-refractivity contribution in [2.24, 2.45) is 0 Å². The zero-order chi connectivity index (χ0) is 16.2. The molecule has 1 aromatic rings. The fourth-order valence-electron chi connectivity index (χ4n) is 2.36. The highest BCUT2D eigenvalue weighted by Gasteiger charge is 2.31. The Kier molecular flexibility index (Phi) is 6.12. The number of halogens is 1. The van der Waals surface area contributed by atoms with E-state index < -0.39 is 15.8 Å². The molecule has 0 aliphatic rings. The number of rotatable bonds is 7. The van der Waals surface area contributed by atoms with Crippen LogP contribution in [0.15, 0.2) is 17.0 Å². The van der Waals surface area contributed by atoms with Crippen LogP contribution < -0.4 is 5.73 Å². The number of benzene rings is 1. The lowest BCUT2D eigenvalue weighted by molar-refractivity contribution is 0.219. The van der Waals surface area contributed by atoms with Gasteiger partial charge in [-0.2, -0.15) is 4.31 Å². The van der Waals surface area contributed by atoms with Gasteiger partial charge in [-0.3, -0.25) is 0 Å². The quantitative estimate of drug-likeness (QED) is 0.752. The highest BCUT2D eigenvalue weighted by atomic mass is 32.2. The minimum absolute atomic E-state index is 0.0233. The highest BCUT2D eigenvalue weighted by Crippen LogP contribution is 2.27. The van der Waals surface area contributed by atoms with E-state index in [1.54, 1.807) is 0 Å². The van der Waals surface area contributed by atoms with Crippen molar-refractivity contribution in [3.63, 3.8) is 0 Å². The lowest BCUT2D eigenvalue weighted by atomic mass is 10.2. The third kappa shape index (κ3) is 3.72. The zero-order valence-corrected chi connectivity index (χ0v) is 13.5. The van der Waals surface area contributed by atoms with Gasteiger partial charge < -0.3 is 10.8 Å². The van der Waals surface area contributed by atoms with E-state index in [9.17, 15) is 12.8 Å². The average Bonchev–Trinajstić information content (AvgIpc) is 2.42. The van der Waals surface area contributed by atoms with E-state index in [-0.39, 0.29) is 35.3 Å². The van der Waals surface area contributed by atoms with Gasteiger partial charge in [-0.15, -0.1) is 0 Å². The van der Waals surface area contributed by atoms with Crippen LogP contribution in [0.2, 0.25) is 0 Å². The number of hydrogen-bond donors (Lipinski definition) is 2. The number of aliphatic hydroxyl groups is 1. The summed E-state index contributed by atoms with van der Waals surface area (Å²) in [5.41, 5.74) is 5.67. The van der Waals surface area contributed by atoms with E-state index in [1.807, 2.05) is 13.8 Å². The van der Waals surface area contributed by atoms with Gasteiger partial charge in [-0.05, 0) is 31.9 Å². The van der Waals surface area contributed by atoms with Gasteiger partial charge in [0.25, 0.3) is 0 Å². The van der Waals surface area contributed by atoms with Crippen LogP contribution in [0.5, 0.6) is 0 Å². The van der Waals surface area contributed by atoms with Crippen LogP contribution in [-0.4, -0.2) is 37.0 Å². The Morgan fingerprint density at radius 1 is 1.33 bits per heavy atom. The van der Waals surface area contributed by atoms with Gasteiger partial charge in [0, 0.05) is 23.8 Å². The average molecular weight is 318 g/mol. The Labute approximate surface area is 125 Å². The lowest BCUT2D eigenvalue weighted by Crippen LogP contribution is -2.41. The van der Waals surface area contributed by atoms with Gasteiger partial charge in [0.05, 0.1) is 11.5 Å². The van der Waals surface area contributed by atoms with Crippen molar-refractivity contribution in [2.45, 2.75) is 44.6 Å². The summed E-state index contributed by atoms with van der Waals surface area (Å²) in [5.74, 6) is -0.651. The lowest BCUT2D eigenvalue weighted by Gasteiger charge is -2.29. The number of hydrogen-bond acceptors (Lipinski definition) is 4. The molecule has 0 atom stereocenters. The first-order chi connectivity index (χ1) is 9.79. The van der Waals surface area contributed by atoms with E-state index in [4.69, 9.17) is 10.8 Å². The minimum atomic E-state index is -3.91. The van der Waals surface area contributed by atoms with Crippen molar-refractivity contribution in [1.29, 1.82) is 0 Å². The molecule has 1 aromatic carbocycles. The third-order valence-corrected chi connectivity index (χ3v) is 5.65. The molecule has 3 N–H and O–H groups in total. The monoisotopic (exact) mass is 318 g/mol. The molecule has 0 amide bonds. The van der Waals surface area contributed by atoms with Crippen molar-refractivity contribution in [3.8, 4) is 0 Å². The van der Waals surface area contributed by atoms with Crippen molar-refractivity contribution >= 4 is 15.7 Å². The summed E-state index contributed by atoms with van der Waals surface area (Å²) in [6.45, 7) is 4.84. The molecule has 0 unspecified atom stereocenters. The molecular formula is C14H23FN2O3S. The fourth-order valence-corrected chi connectivity index (χ4v) is 4.40. The largest absolute Gasteiger partial charge is 0.399 e. The molecule has 7 heteroatoms. The molecule has 0 saturated heterocycles. The highest BCUT2D eigenvalue weighted by molar-refractivity contribution is 7.89. The van der Waals surface area contributed by atoms with E-state index in [0.29, 0.717) is 12.8 Å². The molecule has 0 aromatic heterocycles. The van der Waals surface area contributed by atoms with Crippen LogP contribution in [-0.2, 0) is 10.0 Å². The van der Waals surface area contributed by atoms with Crippen LogP contribution >= 0.6 is 0 Å². The van der Waals surface area contributed by atoms with Crippen LogP contribution in [0.3, 0.4) is 0 Å². The van der Waals surface area contributed by atoms with E-state index in [2.05, 4.69) is 0 Å². The maximum absolute atomic E-state index is 13.8. The Balaban J connectivity index is 3.42. The first kappa shape index (κ1) is 17.9. The molecule has 0 heterocycles. The summed E-state index contributed by atoms with van der Waals surface area (Å²) in [7, 11) is -3.91. The number of nitrogens with zero attached hydrogens (tertiary/aromatic N) is 1. The second kappa shape index (κ2) is 7.20. The number of nitrogen functional groups attached to an aromatic ring is 1. The molecule has 0 radical (unpaired) electrons. The Morgan fingerprint density at radius 2 is 1.90 bits per heavy atom. The molecule has 5 nitrogen and oxygen atoms in total. The van der Waals surface area contributed by atoms with Crippen molar-refractivity contribution < 1.29 is 17.9 Å². The third-order valence-electron chi connectivity index (χ3n) is 3.58. The van der Waals surface area contributed by atoms with E-state index in [1.165, 1.54) is 17.3 Å². The maximum atomic E-state index is 13.8. The summed E-state index contributed by atoms with van der Waals surface area (Å²) in [6.07, 6.45) is 1.22. The van der Waals surface area contributed by atoms with Gasteiger partial charge in [-0.1, -0.05) is 13.8 Å². The Bertz CT molecular complexity index is 586. The molecule has 1 rings (SSSR count). The SMILES string of the molecule is CCC(CC)N(CCO)S(=O)(=O)c1cc(N)cc(F)c1C. The summed E-state index contributed by atoms with van der Waals surface area (Å²) in [4.78, 5) is -0.139. The van der Waals surface area contributed by atoms with Crippen LogP contribution in [0.4, 0.5) is 10.1 Å². The maximum Gasteiger partial charge on any atom is 0.243 e. The first-order valence-electron chi connectivity index (χ1n) is 6.97. The van der Waals surface area contributed by atoms with Gasteiger partial charge in [0.15, 0.2) is 0 Å². The number of aliphatic hydroxyl groups excluding tert-OH is 1. The molecule has 0 aliphatic heterocycles. The summed E-state index contributed by atoms with van der Waals surface area (Å²) in [5, 5.41) is 9.16.